The maximum atomic E-state index is 13.1. The number of amides is 1. The minimum atomic E-state index is -0.132. The summed E-state index contributed by atoms with van der Waals surface area (Å²) in [4.78, 5) is 22.8. The first-order chi connectivity index (χ1) is 14.7. The van der Waals surface area contributed by atoms with E-state index in [2.05, 4.69) is 16.8 Å². The minimum absolute atomic E-state index is 0.132. The van der Waals surface area contributed by atoms with Crippen molar-refractivity contribution in [3.63, 3.8) is 0 Å². The average Bonchev–Trinajstić information content (AvgIpc) is 3.05. The van der Waals surface area contributed by atoms with E-state index in [1.165, 1.54) is 38.5 Å². The Kier molecular flexibility index (Phi) is 6.50. The largest absolute Gasteiger partial charge is 0.384 e. The van der Waals surface area contributed by atoms with Gasteiger partial charge in [-0.05, 0) is 31.4 Å². The molecular weight excluding hydrogens is 374 g/mol. The molecule has 1 aromatic carbocycles. The van der Waals surface area contributed by atoms with Crippen molar-refractivity contribution in [2.75, 3.05) is 12.3 Å². The number of nitrogens with one attached hydrogen (secondary N) is 1. The van der Waals surface area contributed by atoms with E-state index in [1.807, 2.05) is 24.3 Å². The van der Waals surface area contributed by atoms with Crippen LogP contribution in [0.2, 0.25) is 0 Å². The zero-order valence-electron chi connectivity index (χ0n) is 18.0. The van der Waals surface area contributed by atoms with E-state index in [0.29, 0.717) is 23.4 Å². The molecule has 3 aromatic rings. The molecule has 0 atom stereocenters. The molecule has 0 spiro atoms. The smallest absolute Gasteiger partial charge is 0.257 e. The Balaban J connectivity index is 1.68. The summed E-state index contributed by atoms with van der Waals surface area (Å²) < 4.78 is 2.09. The Morgan fingerprint density at radius 1 is 1.07 bits per heavy atom. The van der Waals surface area contributed by atoms with Gasteiger partial charge in [0.1, 0.15) is 16.9 Å². The van der Waals surface area contributed by atoms with Gasteiger partial charge in [-0.25, -0.2) is 9.97 Å². The third kappa shape index (κ3) is 4.13. The normalized spacial score (nSPS) is 15.1. The molecule has 4 rings (SSSR count). The van der Waals surface area contributed by atoms with Crippen molar-refractivity contribution >= 4 is 33.9 Å². The van der Waals surface area contributed by atoms with Crippen molar-refractivity contribution in [3.8, 4) is 0 Å². The average molecular weight is 408 g/mol. The molecule has 0 aliphatic heterocycles. The van der Waals surface area contributed by atoms with Crippen molar-refractivity contribution in [2.24, 2.45) is 0 Å². The molecule has 0 saturated heterocycles. The molecule has 1 amide bonds. The lowest BCUT2D eigenvalue weighted by atomic mass is 9.95. The zero-order chi connectivity index (χ0) is 20.9. The number of anilines is 1. The second kappa shape index (κ2) is 9.45. The summed E-state index contributed by atoms with van der Waals surface area (Å²) in [5, 5.41) is 3.07. The molecule has 3 N–H and O–H groups in total. The van der Waals surface area contributed by atoms with Crippen molar-refractivity contribution in [1.29, 1.82) is 0 Å². The van der Waals surface area contributed by atoms with Crippen molar-refractivity contribution in [1.82, 2.24) is 19.9 Å². The van der Waals surface area contributed by atoms with Crippen LogP contribution >= 0.6 is 0 Å². The number of nitrogens with two attached hydrogens (primary N) is 1. The summed E-state index contributed by atoms with van der Waals surface area (Å²) in [6.45, 7) is 2.87. The van der Waals surface area contributed by atoms with E-state index < -0.39 is 0 Å². The van der Waals surface area contributed by atoms with Crippen LogP contribution in [0.5, 0.6) is 0 Å². The molecule has 6 heteroatoms. The van der Waals surface area contributed by atoms with Gasteiger partial charge in [-0.3, -0.25) is 4.79 Å². The van der Waals surface area contributed by atoms with Gasteiger partial charge in [0.15, 0.2) is 5.65 Å². The van der Waals surface area contributed by atoms with Crippen LogP contribution in [0.4, 0.5) is 5.82 Å². The van der Waals surface area contributed by atoms with Gasteiger partial charge < -0.3 is 15.6 Å². The number of benzene rings is 1. The maximum Gasteiger partial charge on any atom is 0.257 e. The summed E-state index contributed by atoms with van der Waals surface area (Å²) in [5.41, 5.74) is 10.1. The van der Waals surface area contributed by atoms with E-state index in [0.717, 1.165) is 42.4 Å². The number of hydrogen-bond acceptors (Lipinski definition) is 4. The first-order valence-electron chi connectivity index (χ1n) is 11.5. The molecule has 30 heavy (non-hydrogen) atoms. The lowest BCUT2D eigenvalue weighted by molar-refractivity contribution is 0.0955. The predicted molar refractivity (Wildman–Crippen MR) is 123 cm³/mol. The standard InChI is InChI=1S/C24H33N5O/c1-2-3-4-5-11-16-26-24(30)20-21-23(28-19-15-10-9-14-18(19)27-21)29(22(20)25)17-12-7-6-8-13-17/h9-10,14-15,17H,2-8,11-13,16,25H2,1H3,(H,26,30). The van der Waals surface area contributed by atoms with Crippen LogP contribution < -0.4 is 11.1 Å². The summed E-state index contributed by atoms with van der Waals surface area (Å²) in [6.07, 6.45) is 11.6. The number of hydrogen-bond donors (Lipinski definition) is 2. The van der Waals surface area contributed by atoms with Crippen LogP contribution in [0.3, 0.4) is 0 Å². The number of carbonyl (C=O) groups is 1. The monoisotopic (exact) mass is 407 g/mol. The highest BCUT2D eigenvalue weighted by atomic mass is 16.1. The molecule has 2 aromatic heterocycles. The number of aromatic nitrogens is 3. The fraction of sp³-hybridized carbons (Fsp3) is 0.542. The van der Waals surface area contributed by atoms with Gasteiger partial charge in [0, 0.05) is 12.6 Å². The first kappa shape index (κ1) is 20.6. The van der Waals surface area contributed by atoms with Gasteiger partial charge in [-0.1, -0.05) is 64.0 Å². The van der Waals surface area contributed by atoms with E-state index in [9.17, 15) is 4.79 Å². The summed E-state index contributed by atoms with van der Waals surface area (Å²) >= 11 is 0. The molecule has 1 aliphatic carbocycles. The Morgan fingerprint density at radius 3 is 2.50 bits per heavy atom. The van der Waals surface area contributed by atoms with Gasteiger partial charge in [-0.2, -0.15) is 0 Å². The Morgan fingerprint density at radius 2 is 1.77 bits per heavy atom. The molecule has 1 fully saturated rings. The topological polar surface area (TPSA) is 85.8 Å². The quantitative estimate of drug-likeness (QED) is 0.491. The maximum absolute atomic E-state index is 13.1. The van der Waals surface area contributed by atoms with Gasteiger partial charge >= 0.3 is 0 Å². The first-order valence-corrected chi connectivity index (χ1v) is 11.5. The molecule has 0 radical (unpaired) electrons. The SMILES string of the molecule is CCCCCCCNC(=O)c1c(N)n(C2CCCCC2)c2nc3ccccc3nc12. The molecule has 0 bridgehead atoms. The molecule has 0 unspecified atom stereocenters. The molecular formula is C24H33N5O. The van der Waals surface area contributed by atoms with Gasteiger partial charge in [0.2, 0.25) is 0 Å². The molecule has 2 heterocycles. The second-order valence-corrected chi connectivity index (χ2v) is 8.48. The van der Waals surface area contributed by atoms with Crippen molar-refractivity contribution < 1.29 is 4.79 Å². The van der Waals surface area contributed by atoms with E-state index in [1.54, 1.807) is 0 Å². The van der Waals surface area contributed by atoms with Crippen LogP contribution in [-0.2, 0) is 0 Å². The van der Waals surface area contributed by atoms with E-state index in [4.69, 9.17) is 15.7 Å². The third-order valence-electron chi connectivity index (χ3n) is 6.27. The summed E-state index contributed by atoms with van der Waals surface area (Å²) in [6, 6.07) is 8.09. The number of fused-ring (bicyclic) bond motifs is 2. The highest BCUT2D eigenvalue weighted by Gasteiger charge is 2.28. The third-order valence-corrected chi connectivity index (χ3v) is 6.27. The second-order valence-electron chi connectivity index (χ2n) is 8.48. The number of nitrogens with zero attached hydrogens (tertiary/aromatic N) is 3. The number of nitrogen functional groups attached to an aromatic ring is 1. The van der Waals surface area contributed by atoms with Crippen LogP contribution in [-0.4, -0.2) is 27.0 Å². The van der Waals surface area contributed by atoms with Gasteiger partial charge in [0.05, 0.1) is 11.0 Å². The van der Waals surface area contributed by atoms with Crippen LogP contribution in [0.25, 0.3) is 22.2 Å². The number of rotatable bonds is 8. The molecule has 6 nitrogen and oxygen atoms in total. The minimum Gasteiger partial charge on any atom is -0.384 e. The number of unbranched alkanes of at least 4 members (excludes halogenated alkanes) is 4. The lowest BCUT2D eigenvalue weighted by Crippen LogP contribution is -2.25. The Labute approximate surface area is 178 Å². The van der Waals surface area contributed by atoms with Gasteiger partial charge in [-0.15, -0.1) is 0 Å². The highest BCUT2D eigenvalue weighted by molar-refractivity contribution is 6.10. The Hall–Kier alpha value is -2.63. The number of carbonyl (C=O) groups excluding carboxylic acids is 1. The summed E-state index contributed by atoms with van der Waals surface area (Å²) in [5.74, 6) is 0.378. The van der Waals surface area contributed by atoms with Gasteiger partial charge in [0.25, 0.3) is 5.91 Å². The zero-order valence-corrected chi connectivity index (χ0v) is 18.0. The van der Waals surface area contributed by atoms with Crippen LogP contribution in [0, 0.1) is 0 Å². The van der Waals surface area contributed by atoms with E-state index in [-0.39, 0.29) is 11.9 Å². The molecule has 1 aliphatic rings. The van der Waals surface area contributed by atoms with Crippen LogP contribution in [0.1, 0.15) is 87.5 Å². The fourth-order valence-electron chi connectivity index (χ4n) is 4.63. The highest BCUT2D eigenvalue weighted by Crippen LogP contribution is 2.36. The van der Waals surface area contributed by atoms with Crippen molar-refractivity contribution in [3.05, 3.63) is 29.8 Å². The van der Waals surface area contributed by atoms with Crippen molar-refractivity contribution in [2.45, 2.75) is 77.2 Å². The fourth-order valence-corrected chi connectivity index (χ4v) is 4.63. The summed E-state index contributed by atoms with van der Waals surface area (Å²) in [7, 11) is 0. The number of para-hydroxylation sites is 2. The van der Waals surface area contributed by atoms with Crippen LogP contribution in [0.15, 0.2) is 24.3 Å². The van der Waals surface area contributed by atoms with E-state index >= 15 is 0 Å². The predicted octanol–water partition coefficient (Wildman–Crippen LogP) is 5.37. The molecule has 1 saturated carbocycles. The lowest BCUT2D eigenvalue weighted by Gasteiger charge is -2.25. The molecule has 160 valence electrons. The Bertz CT molecular complexity index is 1020.